The van der Waals surface area contributed by atoms with E-state index in [9.17, 15) is 4.79 Å². The number of carbonyl (C=O) groups is 1. The van der Waals surface area contributed by atoms with Gasteiger partial charge in [-0.25, -0.2) is 4.98 Å². The number of amides is 1. The summed E-state index contributed by atoms with van der Waals surface area (Å²) in [5, 5.41) is 5.76. The van der Waals surface area contributed by atoms with Crippen molar-refractivity contribution in [1.29, 1.82) is 0 Å². The molecule has 5 nitrogen and oxygen atoms in total. The third kappa shape index (κ3) is 3.86. The van der Waals surface area contributed by atoms with Crippen molar-refractivity contribution in [2.24, 2.45) is 0 Å². The summed E-state index contributed by atoms with van der Waals surface area (Å²) < 4.78 is 11.5. The Morgan fingerprint density at radius 3 is 2.73 bits per heavy atom. The predicted octanol–water partition coefficient (Wildman–Crippen LogP) is 3.31. The van der Waals surface area contributed by atoms with E-state index in [1.165, 1.54) is 0 Å². The fourth-order valence-electron chi connectivity index (χ4n) is 2.72. The Kier molecular flexibility index (Phi) is 4.84. The molecule has 1 aliphatic heterocycles. The summed E-state index contributed by atoms with van der Waals surface area (Å²) in [6, 6.07) is 17.5. The standard InChI is InChI=1S/C20H18N2O3S/c23-19(10-15-13-26-20(22-15)14-6-2-1-3-7-14)21-11-16-12-24-17-8-4-5-9-18(17)25-16/h1-9,13,16H,10-12H2,(H,21,23)/t16-/m0/s1. The second-order valence-corrected chi connectivity index (χ2v) is 6.85. The summed E-state index contributed by atoms with van der Waals surface area (Å²) in [7, 11) is 0. The fraction of sp³-hybridized carbons (Fsp3) is 0.200. The van der Waals surface area contributed by atoms with E-state index in [2.05, 4.69) is 10.3 Å². The molecule has 1 amide bonds. The second kappa shape index (κ2) is 7.58. The molecule has 0 bridgehead atoms. The Bertz CT molecular complexity index is 895. The molecule has 1 aliphatic rings. The molecule has 0 unspecified atom stereocenters. The van der Waals surface area contributed by atoms with Crippen molar-refractivity contribution in [1.82, 2.24) is 10.3 Å². The molecular weight excluding hydrogens is 348 g/mol. The van der Waals surface area contributed by atoms with Crippen LogP contribution in [0.4, 0.5) is 0 Å². The van der Waals surface area contributed by atoms with Gasteiger partial charge in [0, 0.05) is 10.9 Å². The van der Waals surface area contributed by atoms with Crippen molar-refractivity contribution in [3.63, 3.8) is 0 Å². The first-order valence-corrected chi connectivity index (χ1v) is 9.31. The average molecular weight is 366 g/mol. The molecule has 0 aliphatic carbocycles. The van der Waals surface area contributed by atoms with Crippen LogP contribution in [0.1, 0.15) is 5.69 Å². The molecule has 132 valence electrons. The van der Waals surface area contributed by atoms with Gasteiger partial charge < -0.3 is 14.8 Å². The van der Waals surface area contributed by atoms with Gasteiger partial charge in [-0.05, 0) is 12.1 Å². The van der Waals surface area contributed by atoms with Crippen LogP contribution in [0.2, 0.25) is 0 Å². The number of carbonyl (C=O) groups excluding carboxylic acids is 1. The van der Waals surface area contributed by atoms with E-state index in [4.69, 9.17) is 9.47 Å². The van der Waals surface area contributed by atoms with Crippen molar-refractivity contribution < 1.29 is 14.3 Å². The van der Waals surface area contributed by atoms with Gasteiger partial charge in [0.05, 0.1) is 18.7 Å². The molecule has 1 N–H and O–H groups in total. The van der Waals surface area contributed by atoms with Crippen LogP contribution >= 0.6 is 11.3 Å². The van der Waals surface area contributed by atoms with Crippen LogP contribution in [0.5, 0.6) is 11.5 Å². The number of para-hydroxylation sites is 2. The second-order valence-electron chi connectivity index (χ2n) is 5.99. The topological polar surface area (TPSA) is 60.5 Å². The molecule has 4 rings (SSSR count). The molecule has 0 saturated heterocycles. The summed E-state index contributed by atoms with van der Waals surface area (Å²) in [6.45, 7) is 0.828. The number of aromatic nitrogens is 1. The lowest BCUT2D eigenvalue weighted by Gasteiger charge is -2.26. The normalized spacial score (nSPS) is 15.5. The highest BCUT2D eigenvalue weighted by Gasteiger charge is 2.21. The maximum absolute atomic E-state index is 12.2. The van der Waals surface area contributed by atoms with E-state index in [0.29, 0.717) is 18.9 Å². The van der Waals surface area contributed by atoms with Crippen LogP contribution in [-0.4, -0.2) is 30.1 Å². The average Bonchev–Trinajstić information content (AvgIpc) is 3.15. The number of nitrogens with zero attached hydrogens (tertiary/aromatic N) is 1. The zero-order valence-corrected chi connectivity index (χ0v) is 14.9. The number of hydrogen-bond donors (Lipinski definition) is 1. The fourth-order valence-corrected chi connectivity index (χ4v) is 3.55. The van der Waals surface area contributed by atoms with Crippen LogP contribution in [-0.2, 0) is 11.2 Å². The van der Waals surface area contributed by atoms with E-state index >= 15 is 0 Å². The number of thiazole rings is 1. The quantitative estimate of drug-likeness (QED) is 0.753. The molecule has 0 saturated carbocycles. The third-order valence-corrected chi connectivity index (χ3v) is 4.95. The highest BCUT2D eigenvalue weighted by molar-refractivity contribution is 7.13. The third-order valence-electron chi connectivity index (χ3n) is 4.01. The molecule has 0 fully saturated rings. The maximum atomic E-state index is 12.2. The SMILES string of the molecule is O=C(Cc1csc(-c2ccccc2)n1)NC[C@H]1COc2ccccc2O1. The first-order valence-electron chi connectivity index (χ1n) is 8.43. The minimum Gasteiger partial charge on any atom is -0.486 e. The minimum absolute atomic E-state index is 0.0719. The van der Waals surface area contributed by atoms with E-state index in [1.807, 2.05) is 60.0 Å². The number of ether oxygens (including phenoxy) is 2. The molecule has 0 spiro atoms. The maximum Gasteiger partial charge on any atom is 0.226 e. The monoisotopic (exact) mass is 366 g/mol. The zero-order chi connectivity index (χ0) is 17.8. The largest absolute Gasteiger partial charge is 0.486 e. The molecule has 6 heteroatoms. The van der Waals surface area contributed by atoms with Gasteiger partial charge in [-0.2, -0.15) is 0 Å². The summed E-state index contributed by atoms with van der Waals surface area (Å²) in [5.74, 6) is 1.38. The Balaban J connectivity index is 1.29. The number of fused-ring (bicyclic) bond motifs is 1. The highest BCUT2D eigenvalue weighted by atomic mass is 32.1. The van der Waals surface area contributed by atoms with E-state index in [0.717, 1.165) is 22.0 Å². The molecule has 26 heavy (non-hydrogen) atoms. The molecular formula is C20H18N2O3S. The van der Waals surface area contributed by atoms with Crippen LogP contribution < -0.4 is 14.8 Å². The molecule has 0 radical (unpaired) electrons. The van der Waals surface area contributed by atoms with E-state index in [-0.39, 0.29) is 18.4 Å². The molecule has 2 heterocycles. The molecule has 3 aromatic rings. The summed E-state index contributed by atoms with van der Waals surface area (Å²) >= 11 is 1.55. The number of rotatable bonds is 5. The number of benzene rings is 2. The summed E-state index contributed by atoms with van der Waals surface area (Å²) in [6.07, 6.45) is 0.0668. The molecule has 1 atom stereocenters. The Morgan fingerprint density at radius 2 is 1.88 bits per heavy atom. The van der Waals surface area contributed by atoms with Gasteiger partial charge in [-0.15, -0.1) is 11.3 Å². The lowest BCUT2D eigenvalue weighted by Crippen LogP contribution is -2.41. The van der Waals surface area contributed by atoms with Crippen LogP contribution in [0.25, 0.3) is 10.6 Å². The minimum atomic E-state index is -0.191. The Labute approximate surface area is 155 Å². The first kappa shape index (κ1) is 16.6. The van der Waals surface area contributed by atoms with Crippen molar-refractivity contribution in [3.8, 4) is 22.1 Å². The van der Waals surface area contributed by atoms with Crippen molar-refractivity contribution in [3.05, 3.63) is 65.7 Å². The summed E-state index contributed by atoms with van der Waals surface area (Å²) in [5.41, 5.74) is 1.84. The smallest absolute Gasteiger partial charge is 0.226 e. The van der Waals surface area contributed by atoms with E-state index in [1.54, 1.807) is 11.3 Å². The van der Waals surface area contributed by atoms with Gasteiger partial charge in [0.1, 0.15) is 17.7 Å². The van der Waals surface area contributed by atoms with Gasteiger partial charge in [0.2, 0.25) is 5.91 Å². The predicted molar refractivity (Wildman–Crippen MR) is 101 cm³/mol. The Morgan fingerprint density at radius 1 is 1.12 bits per heavy atom. The van der Waals surface area contributed by atoms with Crippen molar-refractivity contribution in [2.45, 2.75) is 12.5 Å². The van der Waals surface area contributed by atoms with Crippen LogP contribution in [0.3, 0.4) is 0 Å². The van der Waals surface area contributed by atoms with Gasteiger partial charge in [0.15, 0.2) is 11.5 Å². The van der Waals surface area contributed by atoms with Crippen LogP contribution in [0, 0.1) is 0 Å². The van der Waals surface area contributed by atoms with E-state index < -0.39 is 0 Å². The number of hydrogen-bond acceptors (Lipinski definition) is 5. The van der Waals surface area contributed by atoms with Gasteiger partial charge in [-0.1, -0.05) is 42.5 Å². The Hall–Kier alpha value is -2.86. The van der Waals surface area contributed by atoms with Gasteiger partial charge in [0.25, 0.3) is 0 Å². The zero-order valence-electron chi connectivity index (χ0n) is 14.1. The van der Waals surface area contributed by atoms with Gasteiger partial charge in [-0.3, -0.25) is 4.79 Å². The van der Waals surface area contributed by atoms with Gasteiger partial charge >= 0.3 is 0 Å². The highest BCUT2D eigenvalue weighted by Crippen LogP contribution is 2.30. The van der Waals surface area contributed by atoms with Crippen LogP contribution in [0.15, 0.2) is 60.0 Å². The first-order chi connectivity index (χ1) is 12.8. The van der Waals surface area contributed by atoms with Crippen molar-refractivity contribution >= 4 is 17.2 Å². The molecule has 2 aromatic carbocycles. The lowest BCUT2D eigenvalue weighted by atomic mass is 10.2. The van der Waals surface area contributed by atoms with Crippen molar-refractivity contribution in [2.75, 3.05) is 13.2 Å². The molecule has 1 aromatic heterocycles. The lowest BCUT2D eigenvalue weighted by molar-refractivity contribution is -0.121. The summed E-state index contributed by atoms with van der Waals surface area (Å²) in [4.78, 5) is 16.8. The number of nitrogens with one attached hydrogen (secondary N) is 1.